The Balaban J connectivity index is 1.39. The molecule has 0 aromatic carbocycles. The predicted octanol–water partition coefficient (Wildman–Crippen LogP) is 6.26. The van der Waals surface area contributed by atoms with Crippen LogP contribution >= 0.6 is 46.4 Å². The van der Waals surface area contributed by atoms with Gasteiger partial charge in [-0.15, -0.1) is 0 Å². The van der Waals surface area contributed by atoms with Gasteiger partial charge in [0.15, 0.2) is 23.3 Å². The first-order valence-corrected chi connectivity index (χ1v) is 23.0. The van der Waals surface area contributed by atoms with Gasteiger partial charge < -0.3 is 67.0 Å². The highest BCUT2D eigenvalue weighted by molar-refractivity contribution is 6.39. The van der Waals surface area contributed by atoms with Crippen LogP contribution in [0.5, 0.6) is 0 Å². The third-order valence-corrected chi connectivity index (χ3v) is 11.6. The molecule has 5 rings (SSSR count). The first-order chi connectivity index (χ1) is 31.8. The molecule has 0 aliphatic carbocycles. The smallest absolute Gasteiger partial charge is 0.377 e. The van der Waals surface area contributed by atoms with Crippen LogP contribution in [0.2, 0.25) is 20.1 Å². The van der Waals surface area contributed by atoms with Crippen LogP contribution < -0.4 is 19.6 Å². The summed E-state index contributed by atoms with van der Waals surface area (Å²) in [6.07, 6.45) is -10.00. The zero-order valence-corrected chi connectivity index (χ0v) is 39.4. The van der Waals surface area contributed by atoms with Crippen LogP contribution in [0.4, 0.5) is 49.6 Å². The van der Waals surface area contributed by atoms with Gasteiger partial charge in [0.2, 0.25) is 0 Å². The Kier molecular flexibility index (Phi) is 23.6. The average molecular weight is 1040 g/mol. The molecule has 0 radical (unpaired) electrons. The molecule has 0 bridgehead atoms. The maximum atomic E-state index is 14.8. The molecule has 3 fully saturated rings. The van der Waals surface area contributed by atoms with Crippen LogP contribution in [0.3, 0.4) is 0 Å². The Morgan fingerprint density at radius 3 is 0.636 bits per heavy atom. The van der Waals surface area contributed by atoms with Crippen LogP contribution in [0.25, 0.3) is 0 Å². The van der Waals surface area contributed by atoms with E-state index >= 15 is 0 Å². The van der Waals surface area contributed by atoms with Crippen molar-refractivity contribution < 1.29 is 73.7 Å². The molecule has 26 heteroatoms. The Hall–Kier alpha value is -2.16. The van der Waals surface area contributed by atoms with Crippen molar-refractivity contribution in [3.8, 4) is 0 Å². The minimum Gasteiger partial charge on any atom is -0.377 e. The zero-order valence-electron chi connectivity index (χ0n) is 36.3. The standard InChI is InChI=1S/C40H56Cl4F6N6O10/c41-31-29(39(45,46)47)33(43)37(55-5-9-57-13-17-61-21-25-65-26-22-62-18-14-58-10-6-55)51-35(31)53-1-2-54(4-3-53)36-32(42)30(40(48,49)50)34(44)38(52-36)56-7-11-59-15-19-63-23-27-66-28-24-64-20-16-60-12-8-56/h1-28H2. The number of hydrogen-bond donors (Lipinski definition) is 0. The SMILES string of the molecule is FC(F)(F)c1c(Cl)c(N2CCOCCOCCOCCOCCOCC2)nc(N2CCN(c3nc(N4CCOCCOCCOCCOCCOCC4)c(Cl)c(C(F)(F)F)c3Cl)CC2)c1Cl. The highest BCUT2D eigenvalue weighted by Crippen LogP contribution is 2.49. The molecule has 3 aliphatic rings. The van der Waals surface area contributed by atoms with E-state index in [-0.39, 0.29) is 155 Å². The van der Waals surface area contributed by atoms with E-state index in [9.17, 15) is 26.3 Å². The van der Waals surface area contributed by atoms with Gasteiger partial charge >= 0.3 is 12.4 Å². The summed E-state index contributed by atoms with van der Waals surface area (Å²) in [5.74, 6) is -0.882. The van der Waals surface area contributed by atoms with Gasteiger partial charge in [-0.05, 0) is 0 Å². The zero-order chi connectivity index (χ0) is 47.4. The summed E-state index contributed by atoms with van der Waals surface area (Å²) in [5.41, 5.74) is -2.59. The number of hydrogen-bond acceptors (Lipinski definition) is 16. The molecule has 0 amide bonds. The molecule has 3 saturated heterocycles. The Morgan fingerprint density at radius 2 is 0.455 bits per heavy atom. The number of pyridine rings is 2. The van der Waals surface area contributed by atoms with E-state index in [2.05, 4.69) is 9.97 Å². The second-order valence-corrected chi connectivity index (χ2v) is 16.1. The van der Waals surface area contributed by atoms with E-state index in [0.29, 0.717) is 52.9 Å². The number of halogens is 10. The van der Waals surface area contributed by atoms with E-state index in [1.807, 2.05) is 0 Å². The van der Waals surface area contributed by atoms with Crippen molar-refractivity contribution in [2.75, 3.05) is 204 Å². The molecule has 2 aromatic heterocycles. The molecule has 66 heavy (non-hydrogen) atoms. The van der Waals surface area contributed by atoms with Crippen LogP contribution in [-0.4, -0.2) is 194 Å². The lowest BCUT2D eigenvalue weighted by molar-refractivity contribution is -0.138. The molecular weight excluding hydrogens is 980 g/mol. The maximum Gasteiger partial charge on any atom is 0.419 e. The Morgan fingerprint density at radius 1 is 0.288 bits per heavy atom. The van der Waals surface area contributed by atoms with Gasteiger partial charge in [0.05, 0.1) is 152 Å². The number of piperazine rings is 1. The maximum absolute atomic E-state index is 14.8. The average Bonchev–Trinajstić information content (AvgIpc) is 3.26. The van der Waals surface area contributed by atoms with E-state index < -0.39 is 43.6 Å². The molecule has 5 heterocycles. The van der Waals surface area contributed by atoms with Gasteiger partial charge in [0.1, 0.15) is 11.1 Å². The minimum atomic E-state index is -5.00. The molecule has 0 saturated carbocycles. The first kappa shape index (κ1) is 54.8. The molecule has 16 nitrogen and oxygen atoms in total. The van der Waals surface area contributed by atoms with Gasteiger partial charge in [-0.25, -0.2) is 9.97 Å². The second-order valence-electron chi connectivity index (χ2n) is 14.6. The summed E-state index contributed by atoms with van der Waals surface area (Å²) >= 11 is 26.1. The van der Waals surface area contributed by atoms with Crippen molar-refractivity contribution in [3.05, 3.63) is 31.2 Å². The summed E-state index contributed by atoms with van der Waals surface area (Å²) < 4.78 is 145. The monoisotopic (exact) mass is 1030 g/mol. The highest BCUT2D eigenvalue weighted by atomic mass is 35.5. The van der Waals surface area contributed by atoms with Crippen LogP contribution in [-0.2, 0) is 59.7 Å². The van der Waals surface area contributed by atoms with Gasteiger partial charge in [0.25, 0.3) is 0 Å². The molecule has 0 atom stereocenters. The third kappa shape index (κ3) is 17.1. The van der Waals surface area contributed by atoms with Crippen molar-refractivity contribution in [1.82, 2.24) is 9.97 Å². The summed E-state index contributed by atoms with van der Waals surface area (Å²) in [4.78, 5) is 15.2. The topological polar surface area (TPSA) is 131 Å². The normalized spacial score (nSPS) is 20.9. The molecule has 0 N–H and O–H groups in total. The van der Waals surface area contributed by atoms with Crippen molar-refractivity contribution in [3.63, 3.8) is 0 Å². The number of anilines is 4. The number of nitrogens with zero attached hydrogens (tertiary/aromatic N) is 6. The quantitative estimate of drug-likeness (QED) is 0.319. The lowest BCUT2D eigenvalue weighted by atomic mass is 10.2. The third-order valence-electron chi connectivity index (χ3n) is 10.1. The van der Waals surface area contributed by atoms with Crippen LogP contribution in [0.15, 0.2) is 0 Å². The summed E-state index contributed by atoms with van der Waals surface area (Å²) in [6, 6.07) is 0. The fourth-order valence-corrected chi connectivity index (χ4v) is 8.36. The summed E-state index contributed by atoms with van der Waals surface area (Å²) in [5, 5.41) is -2.91. The first-order valence-electron chi connectivity index (χ1n) is 21.5. The van der Waals surface area contributed by atoms with Gasteiger partial charge in [-0.1, -0.05) is 46.4 Å². The van der Waals surface area contributed by atoms with E-state index in [1.165, 1.54) is 19.6 Å². The Bertz CT molecular complexity index is 1600. The highest BCUT2D eigenvalue weighted by Gasteiger charge is 2.43. The van der Waals surface area contributed by atoms with E-state index in [0.717, 1.165) is 0 Å². The fraction of sp³-hybridized carbons (Fsp3) is 0.750. The minimum absolute atomic E-state index is 0.0542. The van der Waals surface area contributed by atoms with Crippen molar-refractivity contribution >= 4 is 69.7 Å². The predicted molar refractivity (Wildman–Crippen MR) is 236 cm³/mol. The molecule has 3 aliphatic heterocycles. The Labute approximate surface area is 399 Å². The van der Waals surface area contributed by atoms with Crippen molar-refractivity contribution in [2.45, 2.75) is 12.4 Å². The number of alkyl halides is 6. The van der Waals surface area contributed by atoms with E-state index in [4.69, 9.17) is 93.8 Å². The van der Waals surface area contributed by atoms with Gasteiger partial charge in [-0.2, -0.15) is 26.3 Å². The lowest BCUT2D eigenvalue weighted by Gasteiger charge is -2.38. The lowest BCUT2D eigenvalue weighted by Crippen LogP contribution is -2.48. The molecule has 2 aromatic rings. The van der Waals surface area contributed by atoms with Gasteiger partial charge in [-0.3, -0.25) is 0 Å². The molecular formula is C40H56Cl4F6N6O10. The summed E-state index contributed by atoms with van der Waals surface area (Å²) in [7, 11) is 0. The van der Waals surface area contributed by atoms with E-state index in [1.54, 1.807) is 0 Å². The molecule has 0 spiro atoms. The number of ether oxygens (including phenoxy) is 10. The fourth-order valence-electron chi connectivity index (χ4n) is 6.81. The van der Waals surface area contributed by atoms with Crippen molar-refractivity contribution in [2.24, 2.45) is 0 Å². The van der Waals surface area contributed by atoms with Gasteiger partial charge in [0, 0.05) is 52.4 Å². The number of rotatable bonds is 4. The molecule has 376 valence electrons. The second kappa shape index (κ2) is 28.5. The summed E-state index contributed by atoms with van der Waals surface area (Å²) in [6.45, 7) is 5.10. The van der Waals surface area contributed by atoms with Crippen molar-refractivity contribution in [1.29, 1.82) is 0 Å². The number of aromatic nitrogens is 2. The largest absolute Gasteiger partial charge is 0.419 e. The van der Waals surface area contributed by atoms with Crippen LogP contribution in [0, 0.1) is 0 Å². The molecule has 0 unspecified atom stereocenters. The van der Waals surface area contributed by atoms with Crippen LogP contribution in [0.1, 0.15) is 11.1 Å².